The van der Waals surface area contributed by atoms with Gasteiger partial charge in [0.1, 0.15) is 0 Å². The van der Waals surface area contributed by atoms with E-state index in [2.05, 4.69) is 27.9 Å². The number of ether oxygens (including phenoxy) is 2. The van der Waals surface area contributed by atoms with Crippen LogP contribution in [-0.4, -0.2) is 56.8 Å². The molecule has 0 aromatic rings. The van der Waals surface area contributed by atoms with E-state index < -0.39 is 0 Å². The normalized spacial score (nSPS) is 24.8. The summed E-state index contributed by atoms with van der Waals surface area (Å²) in [6.45, 7) is 4.63. The van der Waals surface area contributed by atoms with E-state index in [9.17, 15) is 0 Å². The van der Waals surface area contributed by atoms with Gasteiger partial charge in [-0.1, -0.05) is 15.9 Å². The van der Waals surface area contributed by atoms with Gasteiger partial charge in [-0.2, -0.15) is 0 Å². The summed E-state index contributed by atoms with van der Waals surface area (Å²) in [6.07, 6.45) is 3.80. The van der Waals surface area contributed by atoms with Crippen LogP contribution in [-0.2, 0) is 9.47 Å². The number of nitrogens with zero attached hydrogens (tertiary/aromatic N) is 1. The number of rotatable bonds is 9. The molecular weight excluding hydrogens is 270 g/mol. The maximum atomic E-state index is 5.43. The molecule has 96 valence electrons. The predicted molar refractivity (Wildman–Crippen MR) is 70.2 cm³/mol. The molecule has 0 N–H and O–H groups in total. The summed E-state index contributed by atoms with van der Waals surface area (Å²) in [5.74, 6) is 0.906. The van der Waals surface area contributed by atoms with E-state index >= 15 is 0 Å². The third-order valence-corrected chi connectivity index (χ3v) is 3.76. The van der Waals surface area contributed by atoms with E-state index in [1.165, 1.54) is 19.4 Å². The average molecular weight is 294 g/mol. The zero-order chi connectivity index (χ0) is 11.8. The second kappa shape index (κ2) is 8.45. The van der Waals surface area contributed by atoms with Gasteiger partial charge in [-0.05, 0) is 32.2 Å². The van der Waals surface area contributed by atoms with Gasteiger partial charge >= 0.3 is 0 Å². The first-order chi connectivity index (χ1) is 7.72. The zero-order valence-electron chi connectivity index (χ0n) is 10.5. The highest BCUT2D eigenvalue weighted by atomic mass is 79.9. The van der Waals surface area contributed by atoms with Gasteiger partial charge in [0.05, 0.1) is 13.2 Å². The van der Waals surface area contributed by atoms with E-state index in [-0.39, 0.29) is 0 Å². The van der Waals surface area contributed by atoms with Gasteiger partial charge in [0.15, 0.2) is 0 Å². The summed E-state index contributed by atoms with van der Waals surface area (Å²) in [5, 5.41) is 0. The summed E-state index contributed by atoms with van der Waals surface area (Å²) in [5.41, 5.74) is 0. The number of alkyl halides is 1. The maximum absolute atomic E-state index is 5.43. The first-order valence-electron chi connectivity index (χ1n) is 6.11. The van der Waals surface area contributed by atoms with E-state index in [0.717, 1.165) is 30.3 Å². The summed E-state index contributed by atoms with van der Waals surface area (Å²) in [7, 11) is 3.91. The molecule has 0 amide bonds. The van der Waals surface area contributed by atoms with Gasteiger partial charge in [-0.15, -0.1) is 0 Å². The molecule has 1 rings (SSSR count). The van der Waals surface area contributed by atoms with Crippen LogP contribution in [0.3, 0.4) is 0 Å². The lowest BCUT2D eigenvalue weighted by molar-refractivity contribution is 0.0651. The minimum Gasteiger partial charge on any atom is -0.382 e. The van der Waals surface area contributed by atoms with Gasteiger partial charge < -0.3 is 14.4 Å². The third kappa shape index (κ3) is 6.18. The number of hydrogen-bond donors (Lipinski definition) is 0. The fourth-order valence-electron chi connectivity index (χ4n) is 2.02. The van der Waals surface area contributed by atoms with Crippen LogP contribution in [0.5, 0.6) is 0 Å². The Balaban J connectivity index is 1.84. The minimum atomic E-state index is 0.699. The van der Waals surface area contributed by atoms with Gasteiger partial charge in [-0.3, -0.25) is 0 Å². The van der Waals surface area contributed by atoms with Crippen LogP contribution < -0.4 is 0 Å². The Morgan fingerprint density at radius 2 is 2.00 bits per heavy atom. The Morgan fingerprint density at radius 3 is 2.62 bits per heavy atom. The quantitative estimate of drug-likeness (QED) is 0.480. The van der Waals surface area contributed by atoms with Gasteiger partial charge in [0.2, 0.25) is 0 Å². The van der Waals surface area contributed by atoms with Crippen molar-refractivity contribution in [2.75, 3.05) is 47.1 Å². The smallest absolute Gasteiger partial charge is 0.0700 e. The second-order valence-corrected chi connectivity index (χ2v) is 5.95. The van der Waals surface area contributed by atoms with Crippen molar-refractivity contribution in [2.24, 2.45) is 5.92 Å². The lowest BCUT2D eigenvalue weighted by atomic mass is 9.85. The van der Waals surface area contributed by atoms with Crippen molar-refractivity contribution < 1.29 is 9.47 Å². The van der Waals surface area contributed by atoms with Crippen molar-refractivity contribution in [1.29, 1.82) is 0 Å². The molecule has 16 heavy (non-hydrogen) atoms. The number of hydrogen-bond acceptors (Lipinski definition) is 3. The maximum Gasteiger partial charge on any atom is 0.0700 e. The third-order valence-electron chi connectivity index (χ3n) is 3.01. The Labute approximate surface area is 108 Å². The highest BCUT2D eigenvalue weighted by Crippen LogP contribution is 2.33. The Morgan fingerprint density at radius 1 is 1.25 bits per heavy atom. The fourth-order valence-corrected chi connectivity index (χ4v) is 3.07. The molecular formula is C12H24BrNO2. The Kier molecular flexibility index (Phi) is 7.62. The highest BCUT2D eigenvalue weighted by Gasteiger charge is 2.27. The molecule has 0 bridgehead atoms. The molecule has 0 spiro atoms. The number of halogens is 1. The largest absolute Gasteiger partial charge is 0.382 e. The lowest BCUT2D eigenvalue weighted by Gasteiger charge is -2.34. The molecule has 1 fully saturated rings. The van der Waals surface area contributed by atoms with E-state index in [0.29, 0.717) is 13.2 Å². The Bertz CT molecular complexity index is 174. The van der Waals surface area contributed by atoms with Crippen molar-refractivity contribution in [3.8, 4) is 0 Å². The Hall–Kier alpha value is 0.360. The zero-order valence-corrected chi connectivity index (χ0v) is 12.0. The molecule has 0 aliphatic heterocycles. The highest BCUT2D eigenvalue weighted by molar-refractivity contribution is 9.09. The molecule has 1 aliphatic carbocycles. The monoisotopic (exact) mass is 293 g/mol. The van der Waals surface area contributed by atoms with Crippen LogP contribution in [0.4, 0.5) is 0 Å². The van der Waals surface area contributed by atoms with Crippen LogP contribution in [0.1, 0.15) is 19.3 Å². The van der Waals surface area contributed by atoms with Gasteiger partial charge in [0, 0.05) is 31.6 Å². The topological polar surface area (TPSA) is 21.7 Å². The molecule has 0 aromatic heterocycles. The van der Waals surface area contributed by atoms with Crippen molar-refractivity contribution in [2.45, 2.75) is 24.1 Å². The number of methoxy groups -OCH3 is 1. The first-order valence-corrected chi connectivity index (χ1v) is 7.03. The average Bonchev–Trinajstić information content (AvgIpc) is 2.21. The van der Waals surface area contributed by atoms with Crippen molar-refractivity contribution >= 4 is 15.9 Å². The van der Waals surface area contributed by atoms with Crippen molar-refractivity contribution in [1.82, 2.24) is 4.90 Å². The van der Waals surface area contributed by atoms with Crippen LogP contribution in [0.2, 0.25) is 0 Å². The first kappa shape index (κ1) is 14.4. The van der Waals surface area contributed by atoms with Crippen LogP contribution in [0.15, 0.2) is 0 Å². The molecule has 1 aliphatic rings. The van der Waals surface area contributed by atoms with E-state index in [1.54, 1.807) is 7.11 Å². The molecule has 0 heterocycles. The van der Waals surface area contributed by atoms with E-state index in [1.807, 2.05) is 0 Å². The van der Waals surface area contributed by atoms with Crippen molar-refractivity contribution in [3.05, 3.63) is 0 Å². The molecule has 0 radical (unpaired) electrons. The summed E-state index contributed by atoms with van der Waals surface area (Å²) in [6, 6.07) is 0. The summed E-state index contributed by atoms with van der Waals surface area (Å²) < 4.78 is 10.3. The minimum absolute atomic E-state index is 0.699. The SMILES string of the molecule is COCCOCCCN(C)CC1CC(Br)C1. The predicted octanol–water partition coefficient (Wildman–Crippen LogP) is 2.14. The molecule has 0 atom stereocenters. The molecule has 0 saturated heterocycles. The molecule has 4 heteroatoms. The van der Waals surface area contributed by atoms with Crippen LogP contribution >= 0.6 is 15.9 Å². The summed E-state index contributed by atoms with van der Waals surface area (Å²) >= 11 is 3.63. The fraction of sp³-hybridized carbons (Fsp3) is 1.00. The van der Waals surface area contributed by atoms with Gasteiger partial charge in [0.25, 0.3) is 0 Å². The molecule has 3 nitrogen and oxygen atoms in total. The summed E-state index contributed by atoms with van der Waals surface area (Å²) in [4.78, 5) is 3.20. The van der Waals surface area contributed by atoms with Crippen LogP contribution in [0, 0.1) is 5.92 Å². The lowest BCUT2D eigenvalue weighted by Crippen LogP contribution is -2.35. The molecule has 0 aromatic carbocycles. The molecule has 1 saturated carbocycles. The van der Waals surface area contributed by atoms with Gasteiger partial charge in [-0.25, -0.2) is 0 Å². The standard InChI is InChI=1S/C12H24BrNO2/c1-14(10-11-8-12(13)9-11)4-3-5-16-7-6-15-2/h11-12H,3-10H2,1-2H3. The van der Waals surface area contributed by atoms with Crippen molar-refractivity contribution in [3.63, 3.8) is 0 Å². The molecule has 0 unspecified atom stereocenters. The second-order valence-electron chi connectivity index (χ2n) is 4.66. The van der Waals surface area contributed by atoms with E-state index in [4.69, 9.17) is 9.47 Å². The van der Waals surface area contributed by atoms with Crippen LogP contribution in [0.25, 0.3) is 0 Å².